The zero-order valence-corrected chi connectivity index (χ0v) is 17.8. The molecule has 1 heterocycles. The van der Waals surface area contributed by atoms with Gasteiger partial charge in [0.25, 0.3) is 5.91 Å². The molecule has 1 aliphatic heterocycles. The monoisotopic (exact) mass is 427 g/mol. The van der Waals surface area contributed by atoms with Gasteiger partial charge < -0.3 is 14.7 Å². The number of ether oxygens (including phenoxy) is 1. The van der Waals surface area contributed by atoms with Gasteiger partial charge in [-0.1, -0.05) is 43.2 Å². The molecule has 162 valence electrons. The van der Waals surface area contributed by atoms with E-state index in [1.54, 1.807) is 18.2 Å². The highest BCUT2D eigenvalue weighted by molar-refractivity contribution is 5.98. The SMILES string of the molecule is O=C(O)c1cccc(-c2cccc(COc3ccc4c(c3)CN(C3CCCC3)C4=O)c2)c1. The Morgan fingerprint density at radius 2 is 1.72 bits per heavy atom. The molecule has 5 nitrogen and oxygen atoms in total. The van der Waals surface area contributed by atoms with E-state index in [4.69, 9.17) is 4.74 Å². The van der Waals surface area contributed by atoms with Gasteiger partial charge in [-0.25, -0.2) is 4.79 Å². The zero-order valence-electron chi connectivity index (χ0n) is 17.8. The van der Waals surface area contributed by atoms with Crippen molar-refractivity contribution in [3.8, 4) is 16.9 Å². The fraction of sp³-hybridized carbons (Fsp3) is 0.259. The van der Waals surface area contributed by atoms with Gasteiger partial charge in [0.1, 0.15) is 12.4 Å². The Morgan fingerprint density at radius 3 is 2.50 bits per heavy atom. The van der Waals surface area contributed by atoms with Crippen LogP contribution >= 0.6 is 0 Å². The van der Waals surface area contributed by atoms with Gasteiger partial charge in [0.15, 0.2) is 0 Å². The van der Waals surface area contributed by atoms with E-state index in [0.717, 1.165) is 46.4 Å². The third-order valence-electron chi connectivity index (χ3n) is 6.45. The average Bonchev–Trinajstić information content (AvgIpc) is 3.46. The Labute approximate surface area is 187 Å². The minimum absolute atomic E-state index is 0.148. The van der Waals surface area contributed by atoms with Crippen LogP contribution in [0.3, 0.4) is 0 Å². The lowest BCUT2D eigenvalue weighted by Gasteiger charge is -2.23. The van der Waals surface area contributed by atoms with E-state index < -0.39 is 5.97 Å². The first-order valence-corrected chi connectivity index (χ1v) is 11.1. The summed E-state index contributed by atoms with van der Waals surface area (Å²) in [6.07, 6.45) is 4.63. The first kappa shape index (κ1) is 20.3. The van der Waals surface area contributed by atoms with Gasteiger partial charge in [0.05, 0.1) is 5.56 Å². The van der Waals surface area contributed by atoms with E-state index in [9.17, 15) is 14.7 Å². The maximum atomic E-state index is 12.8. The molecule has 0 unspecified atom stereocenters. The molecular weight excluding hydrogens is 402 g/mol. The van der Waals surface area contributed by atoms with Gasteiger partial charge >= 0.3 is 5.97 Å². The molecule has 1 saturated carbocycles. The van der Waals surface area contributed by atoms with Gasteiger partial charge in [-0.3, -0.25) is 4.79 Å². The Bertz CT molecular complexity index is 1180. The van der Waals surface area contributed by atoms with Gasteiger partial charge in [-0.05, 0) is 71.5 Å². The standard InChI is InChI=1S/C27H25NO4/c29-26-25-12-11-24(15-22(25)16-28(26)23-9-1-2-10-23)32-17-18-5-3-6-19(13-18)20-7-4-8-21(14-20)27(30)31/h3-8,11-15,23H,1-2,9-10,16-17H2,(H,30,31). The highest BCUT2D eigenvalue weighted by Crippen LogP contribution is 2.33. The van der Waals surface area contributed by atoms with Crippen molar-refractivity contribution in [2.45, 2.75) is 44.9 Å². The van der Waals surface area contributed by atoms with Crippen LogP contribution in [0.15, 0.2) is 66.7 Å². The van der Waals surface area contributed by atoms with E-state index in [0.29, 0.717) is 19.2 Å². The van der Waals surface area contributed by atoms with Gasteiger partial charge in [0.2, 0.25) is 0 Å². The van der Waals surface area contributed by atoms with E-state index >= 15 is 0 Å². The van der Waals surface area contributed by atoms with Crippen molar-refractivity contribution in [1.29, 1.82) is 0 Å². The summed E-state index contributed by atoms with van der Waals surface area (Å²) in [7, 11) is 0. The molecule has 3 aromatic carbocycles. The number of aromatic carboxylic acids is 1. The van der Waals surface area contributed by atoms with Crippen molar-refractivity contribution in [3.63, 3.8) is 0 Å². The number of carboxylic acid groups (broad SMARTS) is 1. The summed E-state index contributed by atoms with van der Waals surface area (Å²) in [6, 6.07) is 21.0. The lowest BCUT2D eigenvalue weighted by Crippen LogP contribution is -2.33. The molecule has 0 radical (unpaired) electrons. The summed E-state index contributed by atoms with van der Waals surface area (Å²) in [5, 5.41) is 9.24. The van der Waals surface area contributed by atoms with Crippen LogP contribution in [0.1, 0.15) is 57.5 Å². The number of benzene rings is 3. The normalized spacial score (nSPS) is 15.8. The zero-order chi connectivity index (χ0) is 22.1. The predicted octanol–water partition coefficient (Wildman–Crippen LogP) is 5.53. The van der Waals surface area contributed by atoms with Crippen molar-refractivity contribution >= 4 is 11.9 Å². The lowest BCUT2D eigenvalue weighted by atomic mass is 10.0. The van der Waals surface area contributed by atoms with Crippen LogP contribution in [-0.4, -0.2) is 27.9 Å². The molecule has 1 N–H and O–H groups in total. The number of fused-ring (bicyclic) bond motifs is 1. The Morgan fingerprint density at radius 1 is 0.969 bits per heavy atom. The van der Waals surface area contributed by atoms with Crippen LogP contribution in [0.25, 0.3) is 11.1 Å². The smallest absolute Gasteiger partial charge is 0.335 e. The second-order valence-corrected chi connectivity index (χ2v) is 8.57. The second-order valence-electron chi connectivity index (χ2n) is 8.57. The van der Waals surface area contributed by atoms with Crippen molar-refractivity contribution in [3.05, 3.63) is 89.0 Å². The van der Waals surface area contributed by atoms with Gasteiger partial charge in [0, 0.05) is 18.2 Å². The van der Waals surface area contributed by atoms with Crippen molar-refractivity contribution < 1.29 is 19.4 Å². The first-order valence-electron chi connectivity index (χ1n) is 11.1. The molecule has 0 spiro atoms. The Kier molecular flexibility index (Phi) is 5.39. The van der Waals surface area contributed by atoms with Crippen LogP contribution in [0.2, 0.25) is 0 Å². The minimum atomic E-state index is -0.937. The molecular formula is C27H25NO4. The summed E-state index contributed by atoms with van der Waals surface area (Å²) in [5.74, 6) is -0.0363. The molecule has 0 bridgehead atoms. The van der Waals surface area contributed by atoms with Gasteiger partial charge in [-0.15, -0.1) is 0 Å². The number of hydrogen-bond acceptors (Lipinski definition) is 3. The number of carbonyl (C=O) groups is 2. The molecule has 0 atom stereocenters. The molecule has 5 rings (SSSR count). The van der Waals surface area contributed by atoms with Crippen LogP contribution < -0.4 is 4.74 Å². The van der Waals surface area contributed by atoms with Crippen molar-refractivity contribution in [1.82, 2.24) is 4.90 Å². The van der Waals surface area contributed by atoms with E-state index in [2.05, 4.69) is 0 Å². The maximum Gasteiger partial charge on any atom is 0.335 e. The van der Waals surface area contributed by atoms with Crippen LogP contribution in [-0.2, 0) is 13.2 Å². The summed E-state index contributed by atoms with van der Waals surface area (Å²) in [6.45, 7) is 1.07. The lowest BCUT2D eigenvalue weighted by molar-refractivity contribution is 0.0691. The molecule has 0 saturated heterocycles. The average molecular weight is 428 g/mol. The quantitative estimate of drug-likeness (QED) is 0.562. The minimum Gasteiger partial charge on any atom is -0.489 e. The number of rotatable bonds is 6. The summed E-state index contributed by atoms with van der Waals surface area (Å²) in [5.41, 5.74) is 4.90. The number of hydrogen-bond donors (Lipinski definition) is 1. The molecule has 0 aromatic heterocycles. The highest BCUT2D eigenvalue weighted by Gasteiger charge is 2.34. The van der Waals surface area contributed by atoms with Crippen molar-refractivity contribution in [2.24, 2.45) is 0 Å². The summed E-state index contributed by atoms with van der Waals surface area (Å²) < 4.78 is 6.04. The number of carboxylic acids is 1. The molecule has 1 aliphatic carbocycles. The molecule has 1 amide bonds. The third-order valence-corrected chi connectivity index (χ3v) is 6.45. The highest BCUT2D eigenvalue weighted by atomic mass is 16.5. The molecule has 3 aromatic rings. The molecule has 5 heteroatoms. The molecule has 32 heavy (non-hydrogen) atoms. The van der Waals surface area contributed by atoms with Crippen molar-refractivity contribution in [2.75, 3.05) is 0 Å². The van der Waals surface area contributed by atoms with E-state index in [-0.39, 0.29) is 11.5 Å². The first-order chi connectivity index (χ1) is 15.6. The number of carbonyl (C=O) groups excluding carboxylic acids is 1. The molecule has 1 fully saturated rings. The summed E-state index contributed by atoms with van der Waals surface area (Å²) in [4.78, 5) is 26.0. The molecule has 2 aliphatic rings. The topological polar surface area (TPSA) is 66.8 Å². The van der Waals surface area contributed by atoms with E-state index in [1.807, 2.05) is 53.4 Å². The predicted molar refractivity (Wildman–Crippen MR) is 122 cm³/mol. The maximum absolute atomic E-state index is 12.8. The van der Waals surface area contributed by atoms with Crippen LogP contribution in [0.4, 0.5) is 0 Å². The largest absolute Gasteiger partial charge is 0.489 e. The number of amides is 1. The fourth-order valence-electron chi connectivity index (χ4n) is 4.76. The second kappa shape index (κ2) is 8.50. The Hall–Kier alpha value is -3.60. The third kappa shape index (κ3) is 3.98. The Balaban J connectivity index is 1.29. The number of nitrogens with zero attached hydrogens (tertiary/aromatic N) is 1. The summed E-state index contributed by atoms with van der Waals surface area (Å²) >= 11 is 0. The van der Waals surface area contributed by atoms with Crippen LogP contribution in [0.5, 0.6) is 5.75 Å². The fourth-order valence-corrected chi connectivity index (χ4v) is 4.76. The van der Waals surface area contributed by atoms with Gasteiger partial charge in [-0.2, -0.15) is 0 Å². The van der Waals surface area contributed by atoms with E-state index in [1.165, 1.54) is 12.8 Å². The van der Waals surface area contributed by atoms with Crippen LogP contribution in [0, 0.1) is 0 Å².